The second-order valence-corrected chi connectivity index (χ2v) is 8.96. The van der Waals surface area contributed by atoms with E-state index in [2.05, 4.69) is 10.3 Å². The Kier molecular flexibility index (Phi) is 7.29. The molecule has 1 fully saturated rings. The molecule has 0 aliphatic carbocycles. The molecule has 1 aliphatic rings. The van der Waals surface area contributed by atoms with Gasteiger partial charge in [0, 0.05) is 24.0 Å². The number of ether oxygens (including phenoxy) is 2. The highest BCUT2D eigenvalue weighted by Crippen LogP contribution is 2.34. The smallest absolute Gasteiger partial charge is 0.293 e. The summed E-state index contributed by atoms with van der Waals surface area (Å²) in [4.78, 5) is 43.3. The number of carbonyl (C=O) groups is 3. The molecule has 34 heavy (non-hydrogen) atoms. The summed E-state index contributed by atoms with van der Waals surface area (Å²) in [6, 6.07) is 14.7. The molecule has 2 aromatic carbocycles. The second-order valence-electron chi connectivity index (χ2n) is 7.11. The fourth-order valence-corrected chi connectivity index (χ4v) is 4.91. The van der Waals surface area contributed by atoms with E-state index >= 15 is 0 Å². The number of aromatic nitrogens is 1. The lowest BCUT2D eigenvalue weighted by Gasteiger charge is -2.12. The first-order valence-corrected chi connectivity index (χ1v) is 12.0. The molecule has 3 amide bonds. The Balaban J connectivity index is 1.35. The molecule has 10 heteroatoms. The first-order chi connectivity index (χ1) is 16.5. The van der Waals surface area contributed by atoms with Gasteiger partial charge in [-0.25, -0.2) is 4.98 Å². The van der Waals surface area contributed by atoms with Crippen LogP contribution >= 0.6 is 23.1 Å². The average Bonchev–Trinajstić information content (AvgIpc) is 3.45. The van der Waals surface area contributed by atoms with Gasteiger partial charge < -0.3 is 14.8 Å². The zero-order chi connectivity index (χ0) is 24.1. The van der Waals surface area contributed by atoms with Crippen LogP contribution in [0.25, 0.3) is 16.6 Å². The van der Waals surface area contributed by atoms with Crippen LogP contribution in [0.5, 0.6) is 11.5 Å². The van der Waals surface area contributed by atoms with Crippen molar-refractivity contribution in [2.75, 3.05) is 27.3 Å². The predicted octanol–water partition coefficient (Wildman–Crippen LogP) is 4.29. The highest BCUT2D eigenvalue weighted by Gasteiger charge is 2.34. The fourth-order valence-electron chi connectivity index (χ4n) is 3.25. The molecule has 0 bridgehead atoms. The summed E-state index contributed by atoms with van der Waals surface area (Å²) in [5.74, 6) is 0.429. The van der Waals surface area contributed by atoms with Gasteiger partial charge in [-0.2, -0.15) is 0 Å². The Hall–Kier alpha value is -3.63. The van der Waals surface area contributed by atoms with Gasteiger partial charge in [0.15, 0.2) is 11.5 Å². The van der Waals surface area contributed by atoms with Crippen molar-refractivity contribution in [3.8, 4) is 22.1 Å². The Bertz CT molecular complexity index is 1260. The number of benzene rings is 2. The molecule has 174 valence electrons. The Labute approximate surface area is 204 Å². The quantitative estimate of drug-likeness (QED) is 0.466. The van der Waals surface area contributed by atoms with Gasteiger partial charge >= 0.3 is 0 Å². The van der Waals surface area contributed by atoms with Crippen molar-refractivity contribution in [3.05, 3.63) is 70.1 Å². The number of thiazole rings is 1. The maximum atomic E-state index is 12.6. The number of hydrogen-bond acceptors (Lipinski definition) is 8. The molecule has 0 unspecified atom stereocenters. The van der Waals surface area contributed by atoms with Crippen molar-refractivity contribution in [2.45, 2.75) is 0 Å². The lowest BCUT2D eigenvalue weighted by molar-refractivity contribution is -0.122. The van der Waals surface area contributed by atoms with Crippen LogP contribution in [0, 0.1) is 0 Å². The molecule has 0 atom stereocenters. The lowest BCUT2D eigenvalue weighted by Crippen LogP contribution is -2.37. The summed E-state index contributed by atoms with van der Waals surface area (Å²) in [6.07, 6.45) is 1.69. The largest absolute Gasteiger partial charge is 0.493 e. The molecule has 1 aliphatic heterocycles. The number of nitrogens with one attached hydrogen (secondary N) is 1. The Morgan fingerprint density at radius 1 is 1.09 bits per heavy atom. The summed E-state index contributed by atoms with van der Waals surface area (Å²) in [5, 5.41) is 4.68. The minimum Gasteiger partial charge on any atom is -0.493 e. The van der Waals surface area contributed by atoms with Crippen molar-refractivity contribution in [1.82, 2.24) is 15.2 Å². The minimum atomic E-state index is -0.380. The van der Waals surface area contributed by atoms with Crippen LogP contribution < -0.4 is 14.8 Å². The van der Waals surface area contributed by atoms with E-state index in [0.29, 0.717) is 21.4 Å². The van der Waals surface area contributed by atoms with Crippen molar-refractivity contribution >= 4 is 46.2 Å². The third-order valence-electron chi connectivity index (χ3n) is 4.96. The van der Waals surface area contributed by atoms with Crippen molar-refractivity contribution in [2.24, 2.45) is 0 Å². The van der Waals surface area contributed by atoms with Gasteiger partial charge in [-0.05, 0) is 41.6 Å². The molecular weight excluding hydrogens is 474 g/mol. The standard InChI is InChI=1S/C24H21N3O5S2/c1-31-18-9-8-16(13-19(18)32-2)22-26-17(14-33-22)21(28)25-10-11-27-23(29)20(34-24(27)30)12-15-6-4-3-5-7-15/h3-9,12-14H,10-11H2,1-2H3,(H,25,28)/b20-12-. The van der Waals surface area contributed by atoms with Gasteiger partial charge in [0.25, 0.3) is 17.1 Å². The number of methoxy groups -OCH3 is 2. The van der Waals surface area contributed by atoms with E-state index in [0.717, 1.165) is 27.8 Å². The average molecular weight is 496 g/mol. The molecule has 0 saturated carbocycles. The van der Waals surface area contributed by atoms with Crippen LogP contribution in [0.4, 0.5) is 4.79 Å². The molecule has 8 nitrogen and oxygen atoms in total. The van der Waals surface area contributed by atoms with Crippen LogP contribution in [-0.4, -0.2) is 54.2 Å². The Morgan fingerprint density at radius 2 is 1.85 bits per heavy atom. The van der Waals surface area contributed by atoms with E-state index in [1.807, 2.05) is 36.4 Å². The third-order valence-corrected chi connectivity index (χ3v) is 6.76. The van der Waals surface area contributed by atoms with Gasteiger partial charge in [0.2, 0.25) is 0 Å². The molecular formula is C24H21N3O5S2. The predicted molar refractivity (Wildman–Crippen MR) is 132 cm³/mol. The zero-order valence-electron chi connectivity index (χ0n) is 18.4. The van der Waals surface area contributed by atoms with Crippen LogP contribution in [0.2, 0.25) is 0 Å². The number of imide groups is 1. The fraction of sp³-hybridized carbons (Fsp3) is 0.167. The van der Waals surface area contributed by atoms with E-state index in [-0.39, 0.29) is 35.8 Å². The Morgan fingerprint density at radius 3 is 2.59 bits per heavy atom. The van der Waals surface area contributed by atoms with Gasteiger partial charge in [0.05, 0.1) is 19.1 Å². The van der Waals surface area contributed by atoms with Crippen LogP contribution in [-0.2, 0) is 4.79 Å². The van der Waals surface area contributed by atoms with Crippen molar-refractivity contribution in [1.29, 1.82) is 0 Å². The number of amides is 3. The first kappa shape index (κ1) is 23.5. The zero-order valence-corrected chi connectivity index (χ0v) is 20.1. The summed E-state index contributed by atoms with van der Waals surface area (Å²) >= 11 is 2.22. The third kappa shape index (κ3) is 5.13. The topological polar surface area (TPSA) is 97.8 Å². The molecule has 1 saturated heterocycles. The summed E-state index contributed by atoms with van der Waals surface area (Å²) in [6.45, 7) is 0.202. The monoisotopic (exact) mass is 495 g/mol. The van der Waals surface area contributed by atoms with Gasteiger partial charge in [0.1, 0.15) is 10.7 Å². The summed E-state index contributed by atoms with van der Waals surface area (Å²) in [7, 11) is 3.11. The molecule has 0 radical (unpaired) electrons. The first-order valence-electron chi connectivity index (χ1n) is 10.3. The van der Waals surface area contributed by atoms with Gasteiger partial charge in [-0.15, -0.1) is 11.3 Å². The van der Waals surface area contributed by atoms with E-state index < -0.39 is 0 Å². The van der Waals surface area contributed by atoms with E-state index in [9.17, 15) is 14.4 Å². The van der Waals surface area contributed by atoms with Crippen molar-refractivity contribution in [3.63, 3.8) is 0 Å². The molecule has 2 heterocycles. The number of carbonyl (C=O) groups excluding carboxylic acids is 3. The summed E-state index contributed by atoms with van der Waals surface area (Å²) in [5.41, 5.74) is 1.90. The second kappa shape index (κ2) is 10.5. The number of thioether (sulfide) groups is 1. The SMILES string of the molecule is COc1ccc(-c2nc(C(=O)NCCN3C(=O)S/C(=C\c4ccccc4)C3=O)cs2)cc1OC. The number of hydrogen-bond donors (Lipinski definition) is 1. The van der Waals surface area contributed by atoms with Gasteiger partial charge in [-0.1, -0.05) is 30.3 Å². The number of rotatable bonds is 8. The van der Waals surface area contributed by atoms with E-state index in [4.69, 9.17) is 9.47 Å². The highest BCUT2D eigenvalue weighted by atomic mass is 32.2. The molecule has 4 rings (SSSR count). The molecule has 0 spiro atoms. The van der Waals surface area contributed by atoms with Crippen molar-refractivity contribution < 1.29 is 23.9 Å². The van der Waals surface area contributed by atoms with Crippen LogP contribution in [0.1, 0.15) is 16.1 Å². The van der Waals surface area contributed by atoms with Crippen LogP contribution in [0.3, 0.4) is 0 Å². The van der Waals surface area contributed by atoms with Gasteiger partial charge in [-0.3, -0.25) is 19.3 Å². The summed E-state index contributed by atoms with van der Waals surface area (Å²) < 4.78 is 10.6. The maximum Gasteiger partial charge on any atom is 0.293 e. The maximum absolute atomic E-state index is 12.6. The minimum absolute atomic E-state index is 0.0786. The van der Waals surface area contributed by atoms with E-state index in [1.54, 1.807) is 37.8 Å². The van der Waals surface area contributed by atoms with Crippen LogP contribution in [0.15, 0.2) is 58.8 Å². The number of nitrogens with zero attached hydrogens (tertiary/aromatic N) is 2. The normalized spacial score (nSPS) is 14.5. The molecule has 1 aromatic heterocycles. The van der Waals surface area contributed by atoms with E-state index in [1.165, 1.54) is 11.3 Å². The lowest BCUT2D eigenvalue weighted by atomic mass is 10.2. The molecule has 3 aromatic rings. The highest BCUT2D eigenvalue weighted by molar-refractivity contribution is 8.18. The molecule has 1 N–H and O–H groups in total.